The average Bonchev–Trinajstić information content (AvgIpc) is 3.12. The third kappa shape index (κ3) is 4.76. The Labute approximate surface area is 272 Å². The van der Waals surface area contributed by atoms with Gasteiger partial charge >= 0.3 is 0 Å². The first-order valence-corrected chi connectivity index (χ1v) is 17.3. The van der Waals surface area contributed by atoms with Crippen LogP contribution in [-0.4, -0.2) is 0 Å². The highest BCUT2D eigenvalue weighted by Gasteiger charge is 2.29. The second-order valence-corrected chi connectivity index (χ2v) is 14.5. The van der Waals surface area contributed by atoms with Crippen molar-refractivity contribution in [3.05, 3.63) is 187 Å². The topological polar surface area (TPSA) is 0 Å². The molecule has 0 aromatic heterocycles. The first-order valence-electron chi connectivity index (χ1n) is 15.7. The van der Waals surface area contributed by atoms with E-state index in [1.807, 2.05) is 0 Å². The van der Waals surface area contributed by atoms with Crippen LogP contribution in [0.1, 0.15) is 11.1 Å². The van der Waals surface area contributed by atoms with E-state index in [0.717, 1.165) is 5.56 Å². The van der Waals surface area contributed by atoms with Gasteiger partial charge in [0.05, 0.1) is 0 Å². The number of aryl methyl sites for hydroxylation is 1. The molecule has 0 bridgehead atoms. The predicted octanol–water partition coefficient (Wildman–Crippen LogP) is 12.4. The average molecular weight is 605 g/mol. The number of hydrogen-bond donors (Lipinski definition) is 0. The van der Waals surface area contributed by atoms with Gasteiger partial charge in [0.2, 0.25) is 0 Å². The molecule has 0 aliphatic rings. The van der Waals surface area contributed by atoms with Gasteiger partial charge in [0.15, 0.2) is 0 Å². The van der Waals surface area contributed by atoms with Crippen molar-refractivity contribution in [3.8, 4) is 22.3 Å². The van der Waals surface area contributed by atoms with E-state index in [2.05, 4.69) is 194 Å². The molecule has 0 N–H and O–H groups in total. The summed E-state index contributed by atoms with van der Waals surface area (Å²) >= 11 is 0. The highest BCUT2D eigenvalue weighted by atomic mass is 32.3. The molecule has 8 aromatic carbocycles. The van der Waals surface area contributed by atoms with Gasteiger partial charge in [-0.05, 0) is 98.1 Å². The fourth-order valence-corrected chi connectivity index (χ4v) is 9.79. The van der Waals surface area contributed by atoms with Gasteiger partial charge in [-0.15, -0.1) is 0 Å². The lowest BCUT2D eigenvalue weighted by molar-refractivity contribution is 1.31. The van der Waals surface area contributed by atoms with Crippen LogP contribution < -0.4 is 0 Å². The molecule has 218 valence electrons. The first kappa shape index (κ1) is 28.0. The Bertz CT molecular complexity index is 2320. The lowest BCUT2D eigenvalue weighted by Gasteiger charge is -2.36. The molecule has 0 saturated carbocycles. The molecular weight excluding hydrogens is 573 g/mol. The monoisotopic (exact) mass is 604 g/mol. The maximum absolute atomic E-state index is 4.01. The molecule has 0 aliphatic carbocycles. The zero-order chi connectivity index (χ0) is 30.9. The largest absolute Gasteiger partial charge is 0.0949 e. The minimum atomic E-state index is -1.92. The van der Waals surface area contributed by atoms with E-state index in [9.17, 15) is 0 Å². The third-order valence-corrected chi connectivity index (χ3v) is 12.2. The Morgan fingerprint density at radius 3 is 1.57 bits per heavy atom. The van der Waals surface area contributed by atoms with Gasteiger partial charge in [0, 0.05) is 20.2 Å². The molecule has 8 aromatic rings. The fourth-order valence-electron chi connectivity index (χ4n) is 6.67. The molecule has 0 atom stereocenters. The molecule has 0 fully saturated rings. The van der Waals surface area contributed by atoms with Crippen LogP contribution in [0.25, 0.3) is 43.4 Å². The Morgan fingerprint density at radius 1 is 0.413 bits per heavy atom. The number of rotatable bonds is 4. The van der Waals surface area contributed by atoms with E-state index in [-0.39, 0.29) is 0 Å². The van der Waals surface area contributed by atoms with Crippen LogP contribution in [0.3, 0.4) is 0 Å². The lowest BCUT2D eigenvalue weighted by Crippen LogP contribution is -2.01. The molecule has 0 saturated heterocycles. The smallest absolute Gasteiger partial charge is 0.0411 e. The van der Waals surface area contributed by atoms with Crippen molar-refractivity contribution in [1.29, 1.82) is 0 Å². The van der Waals surface area contributed by atoms with Crippen molar-refractivity contribution in [1.82, 2.24) is 0 Å². The molecule has 0 aliphatic heterocycles. The Kier molecular flexibility index (Phi) is 7.14. The van der Waals surface area contributed by atoms with Crippen LogP contribution >= 0.6 is 10.0 Å². The first-order chi connectivity index (χ1) is 22.7. The van der Waals surface area contributed by atoms with Crippen LogP contribution in [0.5, 0.6) is 0 Å². The molecule has 0 nitrogen and oxygen atoms in total. The molecule has 46 heavy (non-hydrogen) atoms. The van der Waals surface area contributed by atoms with Crippen molar-refractivity contribution in [2.75, 3.05) is 0 Å². The molecule has 0 heterocycles. The van der Waals surface area contributed by atoms with E-state index in [1.165, 1.54) is 63.7 Å². The fraction of sp³-hybridized carbons (Fsp3) is 0.0222. The van der Waals surface area contributed by atoms with Crippen LogP contribution in [0.15, 0.2) is 191 Å². The van der Waals surface area contributed by atoms with Crippen LogP contribution in [0, 0.1) is 18.1 Å². The third-order valence-electron chi connectivity index (χ3n) is 8.84. The van der Waals surface area contributed by atoms with Crippen LogP contribution in [0.4, 0.5) is 0 Å². The molecule has 0 amide bonds. The zero-order valence-electron chi connectivity index (χ0n) is 25.7. The summed E-state index contributed by atoms with van der Waals surface area (Å²) in [4.78, 5) is 3.70. The SMILES string of the molecule is Cc1ccc2c(C#CS(c3ccccc3)(c3ccccc3)c3ccccc3)c3ccccc3c(-c3ccc4ccccc4c3)c2c1. The second-order valence-electron chi connectivity index (χ2n) is 11.7. The molecule has 1 heteroatoms. The Balaban J connectivity index is 1.47. The second kappa shape index (κ2) is 11.8. The summed E-state index contributed by atoms with van der Waals surface area (Å²) in [6, 6.07) is 63.6. The number of fused-ring (bicyclic) bond motifs is 3. The van der Waals surface area contributed by atoms with Gasteiger partial charge < -0.3 is 0 Å². The van der Waals surface area contributed by atoms with Gasteiger partial charge in [-0.25, -0.2) is 0 Å². The number of benzene rings is 8. The van der Waals surface area contributed by atoms with Crippen molar-refractivity contribution >= 4 is 42.3 Å². The molecular formula is C45H32S. The minimum Gasteiger partial charge on any atom is -0.0949 e. The van der Waals surface area contributed by atoms with E-state index in [0.29, 0.717) is 0 Å². The minimum absolute atomic E-state index is 1.08. The highest BCUT2D eigenvalue weighted by Crippen LogP contribution is 2.67. The van der Waals surface area contributed by atoms with E-state index >= 15 is 0 Å². The summed E-state index contributed by atoms with van der Waals surface area (Å²) in [5.74, 6) is 3.88. The standard InChI is InChI=1S/C45H32S/c1-33-25-28-41-42(29-30-46(37-17-5-2-6-18-37,38-19-7-3-8-20-38)39-21-9-4-10-22-39)40-23-13-14-24-43(40)45(44(41)31-33)36-27-26-34-15-11-12-16-35(34)32-36/h2-28,31-32H,1H3. The van der Waals surface area contributed by atoms with Crippen molar-refractivity contribution in [2.45, 2.75) is 21.6 Å². The Hall–Kier alpha value is -5.55. The van der Waals surface area contributed by atoms with Crippen LogP contribution in [0.2, 0.25) is 0 Å². The summed E-state index contributed by atoms with van der Waals surface area (Å²) in [7, 11) is -1.92. The van der Waals surface area contributed by atoms with Gasteiger partial charge in [-0.2, -0.15) is 0 Å². The summed E-state index contributed by atoms with van der Waals surface area (Å²) in [5.41, 5.74) is 4.80. The summed E-state index contributed by atoms with van der Waals surface area (Å²) in [5, 5.41) is 11.3. The predicted molar refractivity (Wildman–Crippen MR) is 198 cm³/mol. The normalized spacial score (nSPS) is 11.8. The van der Waals surface area contributed by atoms with Crippen molar-refractivity contribution < 1.29 is 0 Å². The quantitative estimate of drug-likeness (QED) is 0.138. The Morgan fingerprint density at radius 2 is 0.935 bits per heavy atom. The van der Waals surface area contributed by atoms with Gasteiger partial charge in [-0.3, -0.25) is 0 Å². The van der Waals surface area contributed by atoms with Crippen LogP contribution in [-0.2, 0) is 0 Å². The highest BCUT2D eigenvalue weighted by molar-refractivity contribution is 8.37. The maximum Gasteiger partial charge on any atom is 0.0411 e. The summed E-state index contributed by atoms with van der Waals surface area (Å²) < 4.78 is 0. The summed E-state index contributed by atoms with van der Waals surface area (Å²) in [6.07, 6.45) is 0. The van der Waals surface area contributed by atoms with E-state index in [4.69, 9.17) is 0 Å². The molecule has 8 rings (SSSR count). The van der Waals surface area contributed by atoms with E-state index < -0.39 is 10.0 Å². The van der Waals surface area contributed by atoms with E-state index in [1.54, 1.807) is 0 Å². The lowest BCUT2D eigenvalue weighted by atomic mass is 9.87. The van der Waals surface area contributed by atoms with Gasteiger partial charge in [-0.1, -0.05) is 155 Å². The molecule has 0 spiro atoms. The number of hydrogen-bond acceptors (Lipinski definition) is 0. The van der Waals surface area contributed by atoms with Crippen molar-refractivity contribution in [2.24, 2.45) is 0 Å². The molecule has 0 unspecified atom stereocenters. The maximum atomic E-state index is 4.01. The summed E-state index contributed by atoms with van der Waals surface area (Å²) in [6.45, 7) is 2.18. The van der Waals surface area contributed by atoms with Crippen molar-refractivity contribution in [3.63, 3.8) is 0 Å². The van der Waals surface area contributed by atoms with Gasteiger partial charge in [0.1, 0.15) is 0 Å². The van der Waals surface area contributed by atoms with Gasteiger partial charge in [0.25, 0.3) is 0 Å². The molecule has 0 radical (unpaired) electrons. The zero-order valence-corrected chi connectivity index (χ0v) is 26.5.